The zero-order valence-electron chi connectivity index (χ0n) is 20.2. The van der Waals surface area contributed by atoms with Crippen LogP contribution in [-0.2, 0) is 9.59 Å². The van der Waals surface area contributed by atoms with E-state index in [1.54, 1.807) is 18.2 Å². The van der Waals surface area contributed by atoms with Crippen molar-refractivity contribution in [2.45, 2.75) is 70.3 Å². The van der Waals surface area contributed by atoms with E-state index in [9.17, 15) is 19.2 Å². The molecule has 0 aliphatic carbocycles. The number of fused-ring (bicyclic) bond motifs is 1. The molecule has 0 saturated carbocycles. The standard InChI is InChI=1S/C26H37N3O5/c1-27-23(31)14-13-20(19-30)29-25(32)21-11-10-12-22(24(21)26(29)33)34-18-9-4-2-3-6-15-28-16-7-5-8-17-28/h10-12,19-20H,2-9,13-18H2,1H3,(H,27,31). The number of rotatable bonds is 14. The van der Waals surface area contributed by atoms with Crippen molar-refractivity contribution in [3.8, 4) is 5.75 Å². The number of amides is 3. The molecule has 8 heteroatoms. The van der Waals surface area contributed by atoms with Crippen molar-refractivity contribution < 1.29 is 23.9 Å². The number of piperidine rings is 1. The summed E-state index contributed by atoms with van der Waals surface area (Å²) in [6, 6.07) is 3.96. The van der Waals surface area contributed by atoms with Crippen LogP contribution >= 0.6 is 0 Å². The smallest absolute Gasteiger partial charge is 0.265 e. The average molecular weight is 472 g/mol. The molecule has 1 saturated heterocycles. The molecule has 34 heavy (non-hydrogen) atoms. The molecule has 1 fully saturated rings. The van der Waals surface area contributed by atoms with E-state index in [1.165, 1.54) is 58.8 Å². The SMILES string of the molecule is CNC(=O)CCC(C=O)N1C(=O)c2cccc(OCCCCCCCN3CCCCC3)c2C1=O. The van der Waals surface area contributed by atoms with E-state index in [4.69, 9.17) is 4.74 Å². The van der Waals surface area contributed by atoms with Gasteiger partial charge < -0.3 is 19.7 Å². The number of nitrogens with zero attached hydrogens (tertiary/aromatic N) is 2. The quantitative estimate of drug-likeness (QED) is 0.254. The lowest BCUT2D eigenvalue weighted by Gasteiger charge is -2.26. The number of likely N-dealkylation sites (tertiary alicyclic amines) is 1. The fourth-order valence-corrected chi connectivity index (χ4v) is 4.69. The highest BCUT2D eigenvalue weighted by atomic mass is 16.5. The third kappa shape index (κ3) is 6.65. The number of imide groups is 1. The van der Waals surface area contributed by atoms with E-state index in [-0.39, 0.29) is 29.9 Å². The second kappa shape index (κ2) is 13.2. The van der Waals surface area contributed by atoms with Gasteiger partial charge in [-0.1, -0.05) is 31.7 Å². The maximum atomic E-state index is 13.0. The van der Waals surface area contributed by atoms with Crippen LogP contribution in [-0.4, -0.2) is 73.1 Å². The molecule has 1 atom stereocenters. The summed E-state index contributed by atoms with van der Waals surface area (Å²) in [7, 11) is 1.50. The van der Waals surface area contributed by atoms with E-state index in [0.717, 1.165) is 24.2 Å². The van der Waals surface area contributed by atoms with Gasteiger partial charge in [-0.15, -0.1) is 0 Å². The third-order valence-electron chi connectivity index (χ3n) is 6.67. The Bertz CT molecular complexity index is 866. The highest BCUT2D eigenvalue weighted by molar-refractivity contribution is 6.23. The molecular weight excluding hydrogens is 434 g/mol. The minimum absolute atomic E-state index is 0.0503. The van der Waals surface area contributed by atoms with Gasteiger partial charge >= 0.3 is 0 Å². The van der Waals surface area contributed by atoms with Gasteiger partial charge in [0.05, 0.1) is 23.8 Å². The molecule has 1 aromatic rings. The Balaban J connectivity index is 1.45. The summed E-state index contributed by atoms with van der Waals surface area (Å²) >= 11 is 0. The Morgan fingerprint density at radius 3 is 2.53 bits per heavy atom. The van der Waals surface area contributed by atoms with E-state index in [0.29, 0.717) is 18.6 Å². The van der Waals surface area contributed by atoms with Crippen LogP contribution in [0.15, 0.2) is 18.2 Å². The molecule has 3 amide bonds. The lowest BCUT2D eigenvalue weighted by molar-refractivity contribution is -0.121. The van der Waals surface area contributed by atoms with Crippen molar-refractivity contribution in [1.82, 2.24) is 15.1 Å². The van der Waals surface area contributed by atoms with Crippen LogP contribution < -0.4 is 10.1 Å². The van der Waals surface area contributed by atoms with Crippen LogP contribution in [0.25, 0.3) is 0 Å². The molecule has 8 nitrogen and oxygen atoms in total. The van der Waals surface area contributed by atoms with Gasteiger partial charge in [0.25, 0.3) is 11.8 Å². The Labute approximate surface area is 202 Å². The normalized spacial score (nSPS) is 16.9. The van der Waals surface area contributed by atoms with Gasteiger partial charge in [0.2, 0.25) is 5.91 Å². The first-order chi connectivity index (χ1) is 16.6. The largest absolute Gasteiger partial charge is 0.493 e. The fraction of sp³-hybridized carbons (Fsp3) is 0.615. The first kappa shape index (κ1) is 25.9. The van der Waals surface area contributed by atoms with Gasteiger partial charge in [-0.05, 0) is 63.9 Å². The summed E-state index contributed by atoms with van der Waals surface area (Å²) in [5.41, 5.74) is 0.452. The third-order valence-corrected chi connectivity index (χ3v) is 6.67. The number of ether oxygens (including phenoxy) is 1. The lowest BCUT2D eigenvalue weighted by Crippen LogP contribution is -2.41. The molecule has 0 spiro atoms. The first-order valence-electron chi connectivity index (χ1n) is 12.6. The number of hydrogen-bond acceptors (Lipinski definition) is 6. The fourth-order valence-electron chi connectivity index (χ4n) is 4.69. The lowest BCUT2D eigenvalue weighted by atomic mass is 10.1. The van der Waals surface area contributed by atoms with Gasteiger partial charge in [0, 0.05) is 13.5 Å². The van der Waals surface area contributed by atoms with Gasteiger partial charge in [0.15, 0.2) is 0 Å². The van der Waals surface area contributed by atoms with Gasteiger partial charge in [0.1, 0.15) is 12.0 Å². The molecule has 1 unspecified atom stereocenters. The molecule has 2 heterocycles. The van der Waals surface area contributed by atoms with E-state index in [2.05, 4.69) is 10.2 Å². The Kier molecular flexibility index (Phi) is 10.1. The van der Waals surface area contributed by atoms with Crippen molar-refractivity contribution in [2.24, 2.45) is 0 Å². The monoisotopic (exact) mass is 471 g/mol. The predicted octanol–water partition coefficient (Wildman–Crippen LogP) is 3.19. The van der Waals surface area contributed by atoms with Crippen LogP contribution in [0.4, 0.5) is 0 Å². The molecule has 2 aliphatic heterocycles. The van der Waals surface area contributed by atoms with Crippen LogP contribution in [0.5, 0.6) is 5.75 Å². The Hall–Kier alpha value is -2.74. The topological polar surface area (TPSA) is 96.0 Å². The highest BCUT2D eigenvalue weighted by Crippen LogP contribution is 2.32. The number of carbonyl (C=O) groups is 4. The van der Waals surface area contributed by atoms with Crippen molar-refractivity contribution in [2.75, 3.05) is 33.3 Å². The molecule has 0 bridgehead atoms. The second-order valence-electron chi connectivity index (χ2n) is 9.09. The summed E-state index contributed by atoms with van der Waals surface area (Å²) in [5, 5.41) is 2.48. The molecule has 0 radical (unpaired) electrons. The molecule has 0 aromatic heterocycles. The maximum absolute atomic E-state index is 13.0. The van der Waals surface area contributed by atoms with Crippen molar-refractivity contribution >= 4 is 24.0 Å². The van der Waals surface area contributed by atoms with Crippen LogP contribution in [0.3, 0.4) is 0 Å². The summed E-state index contributed by atoms with van der Waals surface area (Å²) in [6.45, 7) is 4.16. The van der Waals surface area contributed by atoms with E-state index in [1.807, 2.05) is 0 Å². The molecule has 1 aromatic carbocycles. The molecule has 186 valence electrons. The molecule has 1 N–H and O–H groups in total. The van der Waals surface area contributed by atoms with Crippen molar-refractivity contribution in [3.63, 3.8) is 0 Å². The maximum Gasteiger partial charge on any atom is 0.265 e. The molecule has 3 rings (SSSR count). The summed E-state index contributed by atoms with van der Waals surface area (Å²) in [6.07, 6.45) is 10.3. The summed E-state index contributed by atoms with van der Waals surface area (Å²) in [5.74, 6) is -0.936. The molecule has 2 aliphatic rings. The first-order valence-corrected chi connectivity index (χ1v) is 12.6. The van der Waals surface area contributed by atoms with Gasteiger partial charge in [-0.2, -0.15) is 0 Å². The number of unbranched alkanes of at least 4 members (excludes halogenated alkanes) is 4. The number of nitrogens with one attached hydrogen (secondary N) is 1. The van der Waals surface area contributed by atoms with Crippen LogP contribution in [0.2, 0.25) is 0 Å². The van der Waals surface area contributed by atoms with Crippen molar-refractivity contribution in [3.05, 3.63) is 29.3 Å². The number of aldehydes is 1. The minimum Gasteiger partial charge on any atom is -0.493 e. The van der Waals surface area contributed by atoms with Crippen molar-refractivity contribution in [1.29, 1.82) is 0 Å². The summed E-state index contributed by atoms with van der Waals surface area (Å²) in [4.78, 5) is 52.6. The van der Waals surface area contributed by atoms with E-state index >= 15 is 0 Å². The predicted molar refractivity (Wildman–Crippen MR) is 129 cm³/mol. The highest BCUT2D eigenvalue weighted by Gasteiger charge is 2.42. The zero-order valence-corrected chi connectivity index (χ0v) is 20.2. The number of hydrogen-bond donors (Lipinski definition) is 1. The van der Waals surface area contributed by atoms with Crippen LogP contribution in [0.1, 0.15) is 84.9 Å². The summed E-state index contributed by atoms with van der Waals surface area (Å²) < 4.78 is 5.89. The average Bonchev–Trinajstić information content (AvgIpc) is 3.12. The minimum atomic E-state index is -0.984. The van der Waals surface area contributed by atoms with E-state index < -0.39 is 17.9 Å². The Morgan fingerprint density at radius 2 is 1.79 bits per heavy atom. The van der Waals surface area contributed by atoms with Gasteiger partial charge in [-0.3, -0.25) is 19.3 Å². The van der Waals surface area contributed by atoms with Crippen LogP contribution in [0, 0.1) is 0 Å². The Morgan fingerprint density at radius 1 is 1.06 bits per heavy atom. The number of benzene rings is 1. The molecular formula is C26H37N3O5. The number of carbonyl (C=O) groups excluding carboxylic acids is 4. The van der Waals surface area contributed by atoms with Gasteiger partial charge in [-0.25, -0.2) is 0 Å². The second-order valence-corrected chi connectivity index (χ2v) is 9.09. The zero-order chi connectivity index (χ0) is 24.3.